The van der Waals surface area contributed by atoms with Gasteiger partial charge in [-0.2, -0.15) is 4.98 Å². The number of hydrogen-bond donors (Lipinski definition) is 1. The molecule has 1 fully saturated rings. The van der Waals surface area contributed by atoms with Crippen LogP contribution >= 0.6 is 11.6 Å². The third-order valence-electron chi connectivity index (χ3n) is 5.25. The standard InChI is InChI=1S/C23H25ClN4O2/c24-19-11-9-18(10-12-19)23-26-22(30-27-23)8-4-7-21(29)25-20-13-14-28(16-20)15-17-5-2-1-3-6-17/h1-3,5-6,9-12,20H,4,7-8,13-16H2,(H,25,29). The minimum Gasteiger partial charge on any atom is -0.352 e. The number of rotatable bonds is 8. The molecule has 3 aromatic rings. The lowest BCUT2D eigenvalue weighted by atomic mass is 10.2. The summed E-state index contributed by atoms with van der Waals surface area (Å²) in [7, 11) is 0. The van der Waals surface area contributed by atoms with Gasteiger partial charge >= 0.3 is 0 Å². The molecule has 1 aliphatic heterocycles. The summed E-state index contributed by atoms with van der Waals surface area (Å²) in [5.74, 6) is 1.16. The van der Waals surface area contributed by atoms with Gasteiger partial charge in [0.05, 0.1) is 0 Å². The summed E-state index contributed by atoms with van der Waals surface area (Å²) in [5.41, 5.74) is 2.16. The molecule has 0 radical (unpaired) electrons. The van der Waals surface area contributed by atoms with Crippen molar-refractivity contribution in [1.82, 2.24) is 20.4 Å². The molecule has 0 saturated carbocycles. The zero-order chi connectivity index (χ0) is 20.8. The van der Waals surface area contributed by atoms with Gasteiger partial charge in [0.2, 0.25) is 17.6 Å². The molecule has 1 saturated heterocycles. The molecule has 1 aliphatic rings. The van der Waals surface area contributed by atoms with E-state index >= 15 is 0 Å². The number of halogens is 1. The number of aromatic nitrogens is 2. The summed E-state index contributed by atoms with van der Waals surface area (Å²) >= 11 is 5.90. The Balaban J connectivity index is 1.17. The van der Waals surface area contributed by atoms with E-state index < -0.39 is 0 Å². The van der Waals surface area contributed by atoms with E-state index in [0.717, 1.165) is 31.6 Å². The average Bonchev–Trinajstić information content (AvgIpc) is 3.39. The predicted octanol–water partition coefficient (Wildman–Crippen LogP) is 4.10. The Morgan fingerprint density at radius 1 is 1.17 bits per heavy atom. The first-order chi connectivity index (χ1) is 14.7. The van der Waals surface area contributed by atoms with E-state index in [0.29, 0.717) is 36.0 Å². The Bertz CT molecular complexity index is 959. The molecule has 4 rings (SSSR count). The van der Waals surface area contributed by atoms with Crippen molar-refractivity contribution in [2.24, 2.45) is 0 Å². The van der Waals surface area contributed by atoms with Gasteiger partial charge in [-0.25, -0.2) is 0 Å². The smallest absolute Gasteiger partial charge is 0.226 e. The Morgan fingerprint density at radius 2 is 1.97 bits per heavy atom. The van der Waals surface area contributed by atoms with Gasteiger partial charge in [0, 0.05) is 49.1 Å². The van der Waals surface area contributed by atoms with Crippen molar-refractivity contribution in [3.63, 3.8) is 0 Å². The zero-order valence-electron chi connectivity index (χ0n) is 16.8. The monoisotopic (exact) mass is 424 g/mol. The zero-order valence-corrected chi connectivity index (χ0v) is 17.5. The molecule has 0 bridgehead atoms. The van der Waals surface area contributed by atoms with Crippen LogP contribution in [0.3, 0.4) is 0 Å². The van der Waals surface area contributed by atoms with Crippen LogP contribution in [0.15, 0.2) is 59.1 Å². The topological polar surface area (TPSA) is 71.3 Å². The van der Waals surface area contributed by atoms with Crippen LogP contribution in [0.2, 0.25) is 5.02 Å². The van der Waals surface area contributed by atoms with E-state index in [1.165, 1.54) is 5.56 Å². The molecule has 1 unspecified atom stereocenters. The molecule has 0 spiro atoms. The highest BCUT2D eigenvalue weighted by molar-refractivity contribution is 6.30. The molecule has 1 N–H and O–H groups in total. The molecule has 2 aromatic carbocycles. The number of benzene rings is 2. The van der Waals surface area contributed by atoms with Crippen LogP contribution in [0.1, 0.15) is 30.7 Å². The Morgan fingerprint density at radius 3 is 2.77 bits per heavy atom. The summed E-state index contributed by atoms with van der Waals surface area (Å²) in [6, 6.07) is 18.0. The van der Waals surface area contributed by atoms with Crippen LogP contribution in [-0.4, -0.2) is 40.1 Å². The van der Waals surface area contributed by atoms with E-state index in [1.807, 2.05) is 18.2 Å². The summed E-state index contributed by atoms with van der Waals surface area (Å²) < 4.78 is 5.30. The largest absolute Gasteiger partial charge is 0.352 e. The molecule has 0 aliphatic carbocycles. The molecular formula is C23H25ClN4O2. The van der Waals surface area contributed by atoms with E-state index in [9.17, 15) is 4.79 Å². The lowest BCUT2D eigenvalue weighted by Crippen LogP contribution is -2.36. The number of nitrogens with zero attached hydrogens (tertiary/aromatic N) is 3. The highest BCUT2D eigenvalue weighted by atomic mass is 35.5. The minimum atomic E-state index is 0.0824. The van der Waals surface area contributed by atoms with Gasteiger partial charge in [0.1, 0.15) is 0 Å². The van der Waals surface area contributed by atoms with E-state index in [1.54, 1.807) is 12.1 Å². The number of likely N-dealkylation sites (tertiary alicyclic amines) is 1. The predicted molar refractivity (Wildman–Crippen MR) is 116 cm³/mol. The first kappa shape index (κ1) is 20.6. The van der Waals surface area contributed by atoms with Crippen molar-refractivity contribution < 1.29 is 9.32 Å². The first-order valence-electron chi connectivity index (χ1n) is 10.3. The highest BCUT2D eigenvalue weighted by Crippen LogP contribution is 2.19. The fourth-order valence-electron chi connectivity index (χ4n) is 3.71. The van der Waals surface area contributed by atoms with Gasteiger partial charge in [0.15, 0.2) is 0 Å². The molecule has 30 heavy (non-hydrogen) atoms. The lowest BCUT2D eigenvalue weighted by molar-refractivity contribution is -0.121. The number of amides is 1. The number of carbonyl (C=O) groups excluding carboxylic acids is 1. The molecule has 7 heteroatoms. The first-order valence-corrected chi connectivity index (χ1v) is 10.7. The molecule has 6 nitrogen and oxygen atoms in total. The third kappa shape index (κ3) is 5.68. The Labute approximate surface area is 181 Å². The van der Waals surface area contributed by atoms with Gasteiger partial charge < -0.3 is 9.84 Å². The van der Waals surface area contributed by atoms with Crippen molar-refractivity contribution in [3.8, 4) is 11.4 Å². The highest BCUT2D eigenvalue weighted by Gasteiger charge is 2.23. The maximum Gasteiger partial charge on any atom is 0.226 e. The summed E-state index contributed by atoms with van der Waals surface area (Å²) in [6.45, 7) is 2.84. The quantitative estimate of drug-likeness (QED) is 0.589. The van der Waals surface area contributed by atoms with Crippen molar-refractivity contribution in [1.29, 1.82) is 0 Å². The molecule has 1 atom stereocenters. The second-order valence-corrected chi connectivity index (χ2v) is 8.08. The van der Waals surface area contributed by atoms with Gasteiger partial charge in [-0.1, -0.05) is 47.1 Å². The molecular weight excluding hydrogens is 400 g/mol. The summed E-state index contributed by atoms with van der Waals surface area (Å²) in [4.78, 5) is 19.1. The van der Waals surface area contributed by atoms with Crippen molar-refractivity contribution in [2.45, 2.75) is 38.3 Å². The molecule has 1 aromatic heterocycles. The van der Waals surface area contributed by atoms with Gasteiger partial charge in [0.25, 0.3) is 0 Å². The number of carbonyl (C=O) groups is 1. The molecule has 156 valence electrons. The second-order valence-electron chi connectivity index (χ2n) is 7.65. The molecule has 1 amide bonds. The van der Waals surface area contributed by atoms with Gasteiger partial charge in [-0.05, 0) is 42.7 Å². The molecule has 2 heterocycles. The van der Waals surface area contributed by atoms with Crippen LogP contribution < -0.4 is 5.32 Å². The SMILES string of the molecule is O=C(CCCc1nc(-c2ccc(Cl)cc2)no1)NC1CCN(Cc2ccccc2)C1. The van der Waals surface area contributed by atoms with Gasteiger partial charge in [-0.15, -0.1) is 0 Å². The van der Waals surface area contributed by atoms with Crippen LogP contribution in [-0.2, 0) is 17.8 Å². The maximum atomic E-state index is 12.3. The fraction of sp³-hybridized carbons (Fsp3) is 0.348. The number of hydrogen-bond acceptors (Lipinski definition) is 5. The van der Waals surface area contributed by atoms with Crippen molar-refractivity contribution in [3.05, 3.63) is 71.1 Å². The Kier molecular flexibility index (Phi) is 6.77. The summed E-state index contributed by atoms with van der Waals surface area (Å²) in [6.07, 6.45) is 2.70. The van der Waals surface area contributed by atoms with Gasteiger partial charge in [-0.3, -0.25) is 9.69 Å². The maximum absolute atomic E-state index is 12.3. The van der Waals surface area contributed by atoms with E-state index in [4.69, 9.17) is 16.1 Å². The number of aryl methyl sites for hydroxylation is 1. The second kappa shape index (κ2) is 9.87. The average molecular weight is 425 g/mol. The lowest BCUT2D eigenvalue weighted by Gasteiger charge is -2.16. The fourth-order valence-corrected chi connectivity index (χ4v) is 3.83. The van der Waals surface area contributed by atoms with E-state index in [2.05, 4.69) is 44.6 Å². The third-order valence-corrected chi connectivity index (χ3v) is 5.50. The van der Waals surface area contributed by atoms with Crippen molar-refractivity contribution >= 4 is 17.5 Å². The van der Waals surface area contributed by atoms with E-state index in [-0.39, 0.29) is 11.9 Å². The van der Waals surface area contributed by atoms with Crippen LogP contribution in [0.25, 0.3) is 11.4 Å². The Hall–Kier alpha value is -2.70. The van der Waals surface area contributed by atoms with Crippen LogP contribution in [0.5, 0.6) is 0 Å². The van der Waals surface area contributed by atoms with Crippen LogP contribution in [0, 0.1) is 0 Å². The minimum absolute atomic E-state index is 0.0824. The normalized spacial score (nSPS) is 16.6. The summed E-state index contributed by atoms with van der Waals surface area (Å²) in [5, 5.41) is 7.83. The van der Waals surface area contributed by atoms with Crippen LogP contribution in [0.4, 0.5) is 0 Å². The van der Waals surface area contributed by atoms with Crippen molar-refractivity contribution in [2.75, 3.05) is 13.1 Å². The number of nitrogens with one attached hydrogen (secondary N) is 1.